The second-order valence-electron chi connectivity index (χ2n) is 6.86. The van der Waals surface area contributed by atoms with E-state index >= 15 is 0 Å². The molecule has 0 saturated heterocycles. The number of nitrogens with zero attached hydrogens (tertiary/aromatic N) is 4. The van der Waals surface area contributed by atoms with Crippen molar-refractivity contribution in [3.8, 4) is 16.3 Å². The molecule has 31 heavy (non-hydrogen) atoms. The molecule has 0 spiro atoms. The van der Waals surface area contributed by atoms with Crippen molar-refractivity contribution < 1.29 is 9.18 Å². The first-order chi connectivity index (χ1) is 15.1. The Morgan fingerprint density at radius 2 is 1.71 bits per heavy atom. The minimum Gasteiger partial charge on any atom is -0.319 e. The van der Waals surface area contributed by atoms with Crippen LogP contribution in [0.4, 0.5) is 10.1 Å². The quantitative estimate of drug-likeness (QED) is 0.424. The number of hydrogen-bond acceptors (Lipinski definition) is 5. The summed E-state index contributed by atoms with van der Waals surface area (Å²) in [4.78, 5) is 21.9. The van der Waals surface area contributed by atoms with Gasteiger partial charge in [-0.2, -0.15) is 0 Å². The van der Waals surface area contributed by atoms with Gasteiger partial charge in [0.2, 0.25) is 5.82 Å². The third kappa shape index (κ3) is 3.69. The number of aromatic nitrogens is 4. The molecule has 0 bridgehead atoms. The molecular weight excluding hydrogens is 413 g/mol. The van der Waals surface area contributed by atoms with Gasteiger partial charge in [0.25, 0.3) is 5.91 Å². The Hall–Kier alpha value is -3.91. The summed E-state index contributed by atoms with van der Waals surface area (Å²) in [5.74, 6) is -0.222. The minimum absolute atomic E-state index is 0.0286. The number of rotatable bonds is 4. The van der Waals surface area contributed by atoms with Crippen LogP contribution in [0.3, 0.4) is 0 Å². The van der Waals surface area contributed by atoms with Crippen LogP contribution in [0.15, 0.2) is 72.8 Å². The number of thiazole rings is 1. The maximum absolute atomic E-state index is 13.2. The first-order valence-electron chi connectivity index (χ1n) is 9.54. The van der Waals surface area contributed by atoms with Crippen molar-refractivity contribution in [2.45, 2.75) is 6.92 Å². The zero-order valence-electron chi connectivity index (χ0n) is 16.4. The fourth-order valence-electron chi connectivity index (χ4n) is 3.26. The van der Waals surface area contributed by atoms with E-state index in [1.807, 2.05) is 48.5 Å². The minimum atomic E-state index is -0.433. The van der Waals surface area contributed by atoms with Gasteiger partial charge in [0.05, 0.1) is 21.6 Å². The summed E-state index contributed by atoms with van der Waals surface area (Å²) in [7, 11) is 0. The number of benzene rings is 3. The summed E-state index contributed by atoms with van der Waals surface area (Å²) >= 11 is 1.56. The van der Waals surface area contributed by atoms with Crippen LogP contribution in [0, 0.1) is 12.7 Å². The van der Waals surface area contributed by atoms with E-state index in [2.05, 4.69) is 20.4 Å². The van der Waals surface area contributed by atoms with E-state index in [1.54, 1.807) is 30.4 Å². The fraction of sp³-hybridized carbons (Fsp3) is 0.0435. The third-order valence-corrected chi connectivity index (χ3v) is 5.81. The number of aryl methyl sites for hydroxylation is 1. The van der Waals surface area contributed by atoms with Crippen molar-refractivity contribution in [3.05, 3.63) is 90.3 Å². The van der Waals surface area contributed by atoms with E-state index in [0.717, 1.165) is 20.8 Å². The standard InChI is InChI=1S/C23H16FN5OS/c1-14-25-21(28-29(14)16-12-10-15(24)11-13-16)22(30)26-18-7-3-2-6-17(18)23-27-19-8-4-5-9-20(19)31-23/h2-13H,1H3,(H,26,30). The molecule has 5 rings (SSSR count). The number of para-hydroxylation sites is 2. The molecule has 0 aliphatic heterocycles. The van der Waals surface area contributed by atoms with Crippen LogP contribution >= 0.6 is 11.3 Å². The van der Waals surface area contributed by atoms with Crippen LogP contribution in [0.25, 0.3) is 26.5 Å². The van der Waals surface area contributed by atoms with E-state index in [9.17, 15) is 9.18 Å². The van der Waals surface area contributed by atoms with E-state index in [1.165, 1.54) is 16.8 Å². The molecular formula is C23H16FN5OS. The summed E-state index contributed by atoms with van der Waals surface area (Å²) < 4.78 is 15.8. The number of fused-ring (bicyclic) bond motifs is 1. The van der Waals surface area contributed by atoms with E-state index in [0.29, 0.717) is 17.2 Å². The topological polar surface area (TPSA) is 72.7 Å². The zero-order valence-corrected chi connectivity index (χ0v) is 17.2. The van der Waals surface area contributed by atoms with E-state index in [4.69, 9.17) is 0 Å². The lowest BCUT2D eigenvalue weighted by Gasteiger charge is -2.07. The highest BCUT2D eigenvalue weighted by Crippen LogP contribution is 2.34. The Kier molecular flexibility index (Phi) is 4.76. The molecule has 152 valence electrons. The number of amides is 1. The molecule has 2 aromatic heterocycles. The van der Waals surface area contributed by atoms with Gasteiger partial charge < -0.3 is 5.32 Å². The highest BCUT2D eigenvalue weighted by Gasteiger charge is 2.18. The smallest absolute Gasteiger partial charge is 0.295 e. The predicted molar refractivity (Wildman–Crippen MR) is 119 cm³/mol. The van der Waals surface area contributed by atoms with Gasteiger partial charge in [0.15, 0.2) is 0 Å². The van der Waals surface area contributed by atoms with Crippen molar-refractivity contribution in [1.82, 2.24) is 19.7 Å². The van der Waals surface area contributed by atoms with Crippen molar-refractivity contribution in [1.29, 1.82) is 0 Å². The molecule has 0 fully saturated rings. The molecule has 1 amide bonds. The summed E-state index contributed by atoms with van der Waals surface area (Å²) in [6.07, 6.45) is 0. The number of halogens is 1. The normalized spacial score (nSPS) is 11.0. The molecule has 0 unspecified atom stereocenters. The van der Waals surface area contributed by atoms with Crippen LogP contribution in [-0.2, 0) is 0 Å². The summed E-state index contributed by atoms with van der Waals surface area (Å²) in [6.45, 7) is 1.74. The van der Waals surface area contributed by atoms with Crippen LogP contribution in [0.5, 0.6) is 0 Å². The summed E-state index contributed by atoms with van der Waals surface area (Å²) in [6, 6.07) is 21.3. The molecule has 0 aliphatic rings. The van der Waals surface area contributed by atoms with E-state index in [-0.39, 0.29) is 11.6 Å². The molecule has 8 heteroatoms. The molecule has 3 aromatic carbocycles. The SMILES string of the molecule is Cc1nc(C(=O)Nc2ccccc2-c2nc3ccccc3s2)nn1-c1ccc(F)cc1. The van der Waals surface area contributed by atoms with Gasteiger partial charge in [-0.05, 0) is 55.5 Å². The molecule has 5 aromatic rings. The number of hydrogen-bond donors (Lipinski definition) is 1. The lowest BCUT2D eigenvalue weighted by Crippen LogP contribution is -2.15. The summed E-state index contributed by atoms with van der Waals surface area (Å²) in [5.41, 5.74) is 2.99. The third-order valence-electron chi connectivity index (χ3n) is 4.74. The van der Waals surface area contributed by atoms with Gasteiger partial charge in [-0.3, -0.25) is 4.79 Å². The Bertz CT molecular complexity index is 1370. The van der Waals surface area contributed by atoms with Gasteiger partial charge in [-0.15, -0.1) is 16.4 Å². The summed E-state index contributed by atoms with van der Waals surface area (Å²) in [5, 5.41) is 8.02. The monoisotopic (exact) mass is 429 g/mol. The largest absolute Gasteiger partial charge is 0.319 e. The first kappa shape index (κ1) is 19.1. The molecule has 1 N–H and O–H groups in total. The van der Waals surface area contributed by atoms with Crippen LogP contribution < -0.4 is 5.32 Å². The Morgan fingerprint density at radius 1 is 0.968 bits per heavy atom. The Labute approximate surface area is 181 Å². The lowest BCUT2D eigenvalue weighted by atomic mass is 10.2. The first-order valence-corrected chi connectivity index (χ1v) is 10.4. The van der Waals surface area contributed by atoms with Gasteiger partial charge in [0, 0.05) is 5.56 Å². The van der Waals surface area contributed by atoms with Gasteiger partial charge in [-0.25, -0.2) is 19.0 Å². The predicted octanol–water partition coefficient (Wildman–Crippen LogP) is 5.24. The highest BCUT2D eigenvalue weighted by molar-refractivity contribution is 7.21. The average Bonchev–Trinajstić information content (AvgIpc) is 3.38. The van der Waals surface area contributed by atoms with Crippen molar-refractivity contribution in [2.24, 2.45) is 0 Å². The molecule has 0 aliphatic carbocycles. The lowest BCUT2D eigenvalue weighted by molar-refractivity contribution is 0.101. The van der Waals surface area contributed by atoms with E-state index < -0.39 is 5.91 Å². The molecule has 0 atom stereocenters. The van der Waals surface area contributed by atoms with Crippen molar-refractivity contribution in [3.63, 3.8) is 0 Å². The molecule has 6 nitrogen and oxygen atoms in total. The second-order valence-corrected chi connectivity index (χ2v) is 7.89. The second kappa shape index (κ2) is 7.73. The van der Waals surface area contributed by atoms with Crippen LogP contribution in [-0.4, -0.2) is 25.7 Å². The zero-order chi connectivity index (χ0) is 21.4. The Balaban J connectivity index is 1.45. The van der Waals surface area contributed by atoms with Crippen LogP contribution in [0.2, 0.25) is 0 Å². The van der Waals surface area contributed by atoms with Gasteiger partial charge in [-0.1, -0.05) is 24.3 Å². The number of carbonyl (C=O) groups is 1. The average molecular weight is 429 g/mol. The Morgan fingerprint density at radius 3 is 2.52 bits per heavy atom. The number of carbonyl (C=O) groups excluding carboxylic acids is 1. The highest BCUT2D eigenvalue weighted by atomic mass is 32.1. The maximum Gasteiger partial charge on any atom is 0.295 e. The molecule has 0 radical (unpaired) electrons. The fourth-order valence-corrected chi connectivity index (χ4v) is 4.26. The molecule has 2 heterocycles. The molecule has 0 saturated carbocycles. The van der Waals surface area contributed by atoms with Gasteiger partial charge >= 0.3 is 0 Å². The van der Waals surface area contributed by atoms with Crippen molar-refractivity contribution >= 4 is 33.1 Å². The maximum atomic E-state index is 13.2. The van der Waals surface area contributed by atoms with Gasteiger partial charge in [0.1, 0.15) is 16.6 Å². The number of nitrogens with one attached hydrogen (secondary N) is 1. The van der Waals surface area contributed by atoms with Crippen molar-refractivity contribution in [2.75, 3.05) is 5.32 Å². The number of anilines is 1. The van der Waals surface area contributed by atoms with Crippen LogP contribution in [0.1, 0.15) is 16.4 Å².